The predicted octanol–water partition coefficient (Wildman–Crippen LogP) is 4.22. The number of amides is 1. The van der Waals surface area contributed by atoms with Crippen molar-refractivity contribution in [2.24, 2.45) is 0 Å². The molecular formula is C22H29NO3. The maximum atomic E-state index is 12.4. The summed E-state index contributed by atoms with van der Waals surface area (Å²) in [7, 11) is 1.66. The van der Waals surface area contributed by atoms with Gasteiger partial charge in [0.1, 0.15) is 11.5 Å². The molecule has 1 amide bonds. The summed E-state index contributed by atoms with van der Waals surface area (Å²) in [5.74, 6) is 1.59. The van der Waals surface area contributed by atoms with Crippen LogP contribution < -0.4 is 14.8 Å². The molecule has 2 rings (SSSR count). The Balaban J connectivity index is 1.80. The van der Waals surface area contributed by atoms with E-state index in [0.29, 0.717) is 13.0 Å². The van der Waals surface area contributed by atoms with E-state index in [9.17, 15) is 4.79 Å². The maximum Gasteiger partial charge on any atom is 0.261 e. The summed E-state index contributed by atoms with van der Waals surface area (Å²) >= 11 is 0. The molecule has 0 fully saturated rings. The second-order valence-corrected chi connectivity index (χ2v) is 6.53. The van der Waals surface area contributed by atoms with Gasteiger partial charge in [0.2, 0.25) is 0 Å². The van der Waals surface area contributed by atoms with Crippen LogP contribution in [-0.2, 0) is 11.2 Å². The van der Waals surface area contributed by atoms with E-state index < -0.39 is 6.10 Å². The number of nitrogens with one attached hydrogen (secondary N) is 1. The molecule has 0 aliphatic rings. The number of hydrogen-bond acceptors (Lipinski definition) is 3. The third-order valence-corrected chi connectivity index (χ3v) is 4.38. The van der Waals surface area contributed by atoms with Gasteiger partial charge in [-0.3, -0.25) is 4.79 Å². The fourth-order valence-corrected chi connectivity index (χ4v) is 2.72. The third kappa shape index (κ3) is 5.80. The Morgan fingerprint density at radius 3 is 2.50 bits per heavy atom. The quantitative estimate of drug-likeness (QED) is 0.685. The number of carbonyl (C=O) groups is 1. The normalized spacial score (nSPS) is 11.7. The van der Waals surface area contributed by atoms with Gasteiger partial charge in [-0.2, -0.15) is 0 Å². The van der Waals surface area contributed by atoms with Crippen molar-refractivity contribution in [3.05, 3.63) is 59.2 Å². The summed E-state index contributed by atoms with van der Waals surface area (Å²) in [6, 6.07) is 14.1. The minimum Gasteiger partial charge on any atom is -0.497 e. The van der Waals surface area contributed by atoms with Crippen molar-refractivity contribution in [2.75, 3.05) is 13.7 Å². The zero-order valence-corrected chi connectivity index (χ0v) is 16.2. The first-order valence-electron chi connectivity index (χ1n) is 9.18. The van der Waals surface area contributed by atoms with Crippen molar-refractivity contribution in [3.8, 4) is 11.5 Å². The summed E-state index contributed by atoms with van der Waals surface area (Å²) in [4.78, 5) is 12.4. The van der Waals surface area contributed by atoms with Crippen LogP contribution in [0.1, 0.15) is 36.5 Å². The lowest BCUT2D eigenvalue weighted by Gasteiger charge is -2.19. The summed E-state index contributed by atoms with van der Waals surface area (Å²) in [5.41, 5.74) is 3.40. The molecule has 0 aliphatic carbocycles. The highest BCUT2D eigenvalue weighted by Gasteiger charge is 2.18. The highest BCUT2D eigenvalue weighted by Crippen LogP contribution is 2.21. The first-order chi connectivity index (χ1) is 12.5. The molecule has 140 valence electrons. The molecule has 0 heterocycles. The van der Waals surface area contributed by atoms with E-state index in [2.05, 4.69) is 17.4 Å². The van der Waals surface area contributed by atoms with Crippen LogP contribution in [0.3, 0.4) is 0 Å². The molecule has 0 bridgehead atoms. The molecule has 0 spiro atoms. The van der Waals surface area contributed by atoms with E-state index in [4.69, 9.17) is 9.47 Å². The van der Waals surface area contributed by atoms with E-state index in [1.54, 1.807) is 7.11 Å². The predicted molar refractivity (Wildman–Crippen MR) is 105 cm³/mol. The number of methoxy groups -OCH3 is 1. The van der Waals surface area contributed by atoms with Gasteiger partial charge in [0, 0.05) is 6.54 Å². The van der Waals surface area contributed by atoms with Gasteiger partial charge in [0.05, 0.1) is 7.11 Å². The largest absolute Gasteiger partial charge is 0.497 e. The second-order valence-electron chi connectivity index (χ2n) is 6.53. The average molecular weight is 355 g/mol. The molecule has 0 radical (unpaired) electrons. The number of benzene rings is 2. The molecule has 0 unspecified atom stereocenters. The van der Waals surface area contributed by atoms with Crippen LogP contribution in [0.25, 0.3) is 0 Å². The summed E-state index contributed by atoms with van der Waals surface area (Å²) in [5, 5.41) is 2.99. The molecule has 1 N–H and O–H groups in total. The number of aryl methyl sites for hydroxylation is 3. The lowest BCUT2D eigenvalue weighted by atomic mass is 10.1. The molecule has 1 atom stereocenters. The van der Waals surface area contributed by atoms with E-state index in [1.165, 1.54) is 5.56 Å². The summed E-state index contributed by atoms with van der Waals surface area (Å²) in [6.07, 6.45) is 1.98. The zero-order chi connectivity index (χ0) is 18.9. The standard InChI is InChI=1S/C22H29NO3/c1-5-20(26-21-15-16(2)8-9-17(21)3)22(24)23-14-6-7-18-10-12-19(25-4)13-11-18/h8-13,15,20H,5-7,14H2,1-4H3,(H,23,24)/t20-/m0/s1. The number of hydrogen-bond donors (Lipinski definition) is 1. The van der Waals surface area contributed by atoms with Gasteiger partial charge in [0.15, 0.2) is 6.10 Å². The maximum absolute atomic E-state index is 12.4. The van der Waals surface area contributed by atoms with Gasteiger partial charge < -0.3 is 14.8 Å². The smallest absolute Gasteiger partial charge is 0.261 e. The Morgan fingerprint density at radius 2 is 1.85 bits per heavy atom. The van der Waals surface area contributed by atoms with Gasteiger partial charge in [-0.25, -0.2) is 0 Å². The molecule has 4 heteroatoms. The molecule has 4 nitrogen and oxygen atoms in total. The minimum absolute atomic E-state index is 0.0527. The Labute approximate surface area is 156 Å². The topological polar surface area (TPSA) is 47.6 Å². The highest BCUT2D eigenvalue weighted by molar-refractivity contribution is 5.81. The van der Waals surface area contributed by atoms with E-state index >= 15 is 0 Å². The van der Waals surface area contributed by atoms with Crippen molar-refractivity contribution in [2.45, 2.75) is 46.1 Å². The average Bonchev–Trinajstić information content (AvgIpc) is 2.66. The van der Waals surface area contributed by atoms with Crippen molar-refractivity contribution < 1.29 is 14.3 Å². The number of carbonyl (C=O) groups excluding carboxylic acids is 1. The van der Waals surface area contributed by atoms with Crippen molar-refractivity contribution >= 4 is 5.91 Å². The lowest BCUT2D eigenvalue weighted by Crippen LogP contribution is -2.38. The molecule has 0 aliphatic heterocycles. The molecule has 0 saturated carbocycles. The summed E-state index contributed by atoms with van der Waals surface area (Å²) < 4.78 is 11.1. The Bertz CT molecular complexity index is 710. The monoisotopic (exact) mass is 355 g/mol. The van der Waals surface area contributed by atoms with Crippen molar-refractivity contribution in [1.29, 1.82) is 0 Å². The SMILES string of the molecule is CC[C@H](Oc1cc(C)ccc1C)C(=O)NCCCc1ccc(OC)cc1. The van der Waals surface area contributed by atoms with E-state index in [0.717, 1.165) is 35.5 Å². The van der Waals surface area contributed by atoms with Crippen LogP contribution in [0.5, 0.6) is 11.5 Å². The Kier molecular flexibility index (Phi) is 7.52. The first-order valence-corrected chi connectivity index (χ1v) is 9.18. The zero-order valence-electron chi connectivity index (χ0n) is 16.2. The lowest BCUT2D eigenvalue weighted by molar-refractivity contribution is -0.128. The Morgan fingerprint density at radius 1 is 1.12 bits per heavy atom. The molecule has 2 aromatic rings. The first kappa shape index (κ1) is 19.8. The van der Waals surface area contributed by atoms with Gasteiger partial charge in [0.25, 0.3) is 5.91 Å². The summed E-state index contributed by atoms with van der Waals surface area (Å²) in [6.45, 7) is 6.62. The fraction of sp³-hybridized carbons (Fsp3) is 0.409. The molecule has 26 heavy (non-hydrogen) atoms. The van der Waals surface area contributed by atoms with E-state index in [1.807, 2.05) is 51.1 Å². The van der Waals surface area contributed by atoms with Crippen LogP contribution in [0.15, 0.2) is 42.5 Å². The van der Waals surface area contributed by atoms with Crippen LogP contribution in [-0.4, -0.2) is 25.7 Å². The minimum atomic E-state index is -0.462. The van der Waals surface area contributed by atoms with Crippen LogP contribution in [0.2, 0.25) is 0 Å². The van der Waals surface area contributed by atoms with E-state index in [-0.39, 0.29) is 5.91 Å². The molecular weight excluding hydrogens is 326 g/mol. The van der Waals surface area contributed by atoms with Gasteiger partial charge >= 0.3 is 0 Å². The van der Waals surface area contributed by atoms with Crippen molar-refractivity contribution in [1.82, 2.24) is 5.32 Å². The van der Waals surface area contributed by atoms with Gasteiger partial charge in [-0.05, 0) is 68.0 Å². The van der Waals surface area contributed by atoms with Crippen LogP contribution in [0.4, 0.5) is 0 Å². The van der Waals surface area contributed by atoms with Crippen LogP contribution >= 0.6 is 0 Å². The van der Waals surface area contributed by atoms with Crippen LogP contribution in [0, 0.1) is 13.8 Å². The second kappa shape index (κ2) is 9.85. The third-order valence-electron chi connectivity index (χ3n) is 4.38. The molecule has 0 aromatic heterocycles. The fourth-order valence-electron chi connectivity index (χ4n) is 2.72. The van der Waals surface area contributed by atoms with Gasteiger partial charge in [-0.1, -0.05) is 31.2 Å². The molecule has 2 aromatic carbocycles. The number of ether oxygens (including phenoxy) is 2. The van der Waals surface area contributed by atoms with Gasteiger partial charge in [-0.15, -0.1) is 0 Å². The van der Waals surface area contributed by atoms with Crippen molar-refractivity contribution in [3.63, 3.8) is 0 Å². The number of rotatable bonds is 9. The molecule has 0 saturated heterocycles. The highest BCUT2D eigenvalue weighted by atomic mass is 16.5. The Hall–Kier alpha value is -2.49.